The van der Waals surface area contributed by atoms with E-state index in [-0.39, 0.29) is 18.1 Å². The number of hydrogen-bond acceptors (Lipinski definition) is 9. The van der Waals surface area contributed by atoms with Gasteiger partial charge < -0.3 is 20.3 Å². The van der Waals surface area contributed by atoms with Crippen molar-refractivity contribution in [2.24, 2.45) is 0 Å². The minimum Gasteiger partial charge on any atom is -0.378 e. The smallest absolute Gasteiger partial charge is 0.157 e. The van der Waals surface area contributed by atoms with E-state index in [4.69, 9.17) is 4.74 Å². The number of ether oxygens (including phenoxy) is 1. The molecular weight excluding hydrogens is 447 g/mol. The molecule has 1 atom stereocenters. The van der Waals surface area contributed by atoms with Gasteiger partial charge in [0.25, 0.3) is 0 Å². The maximum absolute atomic E-state index is 15.0. The molecule has 2 fully saturated rings. The number of morpholine rings is 1. The standard InChI is InChI=1S/C22H25FN6O3S/c23-17-11-15(1-2-20(17)29-6-8-32-9-7-29)18-12-19-21(26-4-3-25-19)22(28-18)27-14-16-13-24-5-10-33(16,30)31/h1-4,11-12,16,24H,5-10,13-14H2,(H,27,28). The number of aromatic nitrogens is 3. The Balaban J connectivity index is 1.46. The predicted octanol–water partition coefficient (Wildman–Crippen LogP) is 1.47. The lowest BCUT2D eigenvalue weighted by Crippen LogP contribution is -2.47. The van der Waals surface area contributed by atoms with E-state index in [1.807, 2.05) is 11.0 Å². The van der Waals surface area contributed by atoms with E-state index in [1.54, 1.807) is 24.5 Å². The van der Waals surface area contributed by atoms with Crippen LogP contribution in [0.2, 0.25) is 0 Å². The number of sulfone groups is 1. The van der Waals surface area contributed by atoms with Crippen LogP contribution in [0.15, 0.2) is 36.7 Å². The summed E-state index contributed by atoms with van der Waals surface area (Å²) in [6.07, 6.45) is 3.14. The van der Waals surface area contributed by atoms with Crippen LogP contribution in [-0.4, -0.2) is 80.3 Å². The van der Waals surface area contributed by atoms with Crippen LogP contribution in [-0.2, 0) is 14.6 Å². The van der Waals surface area contributed by atoms with Crippen molar-refractivity contribution in [3.8, 4) is 11.3 Å². The molecule has 2 N–H and O–H groups in total. The Labute approximate surface area is 191 Å². The van der Waals surface area contributed by atoms with Gasteiger partial charge in [-0.1, -0.05) is 6.07 Å². The van der Waals surface area contributed by atoms with E-state index in [0.29, 0.717) is 73.2 Å². The van der Waals surface area contributed by atoms with Crippen LogP contribution < -0.4 is 15.5 Å². The van der Waals surface area contributed by atoms with Crippen molar-refractivity contribution in [2.75, 3.05) is 61.9 Å². The van der Waals surface area contributed by atoms with Gasteiger partial charge in [0.2, 0.25) is 0 Å². The number of fused-ring (bicyclic) bond motifs is 1. The van der Waals surface area contributed by atoms with Crippen LogP contribution in [0.4, 0.5) is 15.9 Å². The van der Waals surface area contributed by atoms with E-state index in [1.165, 1.54) is 6.07 Å². The molecule has 5 rings (SSSR count). The van der Waals surface area contributed by atoms with Gasteiger partial charge >= 0.3 is 0 Å². The van der Waals surface area contributed by atoms with Gasteiger partial charge in [-0.25, -0.2) is 22.8 Å². The quantitative estimate of drug-likeness (QED) is 0.570. The predicted molar refractivity (Wildman–Crippen MR) is 125 cm³/mol. The molecule has 2 aliphatic heterocycles. The minimum atomic E-state index is -3.18. The van der Waals surface area contributed by atoms with Crippen LogP contribution in [0, 0.1) is 5.82 Å². The molecule has 1 unspecified atom stereocenters. The van der Waals surface area contributed by atoms with Crippen molar-refractivity contribution in [3.63, 3.8) is 0 Å². The lowest BCUT2D eigenvalue weighted by Gasteiger charge is -2.29. The van der Waals surface area contributed by atoms with Crippen molar-refractivity contribution < 1.29 is 17.5 Å². The van der Waals surface area contributed by atoms with Gasteiger partial charge in [-0.05, 0) is 18.2 Å². The monoisotopic (exact) mass is 472 g/mol. The number of hydrogen-bond donors (Lipinski definition) is 2. The zero-order valence-corrected chi connectivity index (χ0v) is 18.8. The van der Waals surface area contributed by atoms with Gasteiger partial charge in [0.05, 0.1) is 41.1 Å². The van der Waals surface area contributed by atoms with Crippen molar-refractivity contribution in [3.05, 3.63) is 42.5 Å². The molecule has 2 saturated heterocycles. The summed E-state index contributed by atoms with van der Waals surface area (Å²) < 4.78 is 45.1. The van der Waals surface area contributed by atoms with Gasteiger partial charge in [0.15, 0.2) is 15.7 Å². The number of nitrogens with one attached hydrogen (secondary N) is 2. The normalized spacial score (nSPS) is 20.6. The molecular formula is C22H25FN6O3S. The zero-order valence-electron chi connectivity index (χ0n) is 18.0. The molecule has 11 heteroatoms. The first-order valence-electron chi connectivity index (χ1n) is 10.9. The average molecular weight is 473 g/mol. The molecule has 0 bridgehead atoms. The molecule has 0 amide bonds. The molecule has 0 radical (unpaired) electrons. The van der Waals surface area contributed by atoms with Crippen LogP contribution in [0.5, 0.6) is 0 Å². The number of pyridine rings is 1. The Bertz CT molecular complexity index is 1270. The Morgan fingerprint density at radius 2 is 2.00 bits per heavy atom. The molecule has 4 heterocycles. The van der Waals surface area contributed by atoms with Gasteiger partial charge in [-0.3, -0.25) is 4.98 Å². The van der Waals surface area contributed by atoms with E-state index >= 15 is 0 Å². The Morgan fingerprint density at radius 3 is 2.79 bits per heavy atom. The summed E-state index contributed by atoms with van der Waals surface area (Å²) in [4.78, 5) is 15.4. The molecule has 9 nitrogen and oxygen atoms in total. The van der Waals surface area contributed by atoms with Crippen molar-refractivity contribution >= 4 is 32.4 Å². The van der Waals surface area contributed by atoms with E-state index in [0.717, 1.165) is 0 Å². The first-order valence-corrected chi connectivity index (χ1v) is 12.6. The highest BCUT2D eigenvalue weighted by atomic mass is 32.2. The van der Waals surface area contributed by atoms with Crippen LogP contribution in [0.3, 0.4) is 0 Å². The molecule has 0 aliphatic carbocycles. The first kappa shape index (κ1) is 21.9. The summed E-state index contributed by atoms with van der Waals surface area (Å²) in [7, 11) is -3.18. The highest BCUT2D eigenvalue weighted by molar-refractivity contribution is 7.92. The first-order chi connectivity index (χ1) is 16.0. The molecule has 3 aromatic rings. The summed E-state index contributed by atoms with van der Waals surface area (Å²) in [6, 6.07) is 6.81. The Kier molecular flexibility index (Phi) is 6.09. The summed E-state index contributed by atoms with van der Waals surface area (Å²) in [5, 5.41) is 5.71. The third-order valence-corrected chi connectivity index (χ3v) is 8.11. The fourth-order valence-corrected chi connectivity index (χ4v) is 5.62. The highest BCUT2D eigenvalue weighted by Crippen LogP contribution is 2.29. The number of nitrogens with zero attached hydrogens (tertiary/aromatic N) is 4. The summed E-state index contributed by atoms with van der Waals surface area (Å²) in [6.45, 7) is 3.49. The lowest BCUT2D eigenvalue weighted by molar-refractivity contribution is 0.122. The molecule has 1 aromatic carbocycles. The largest absolute Gasteiger partial charge is 0.378 e. The SMILES string of the molecule is O=S1(=O)CCNCC1CNc1nc(-c2ccc(N3CCOCC3)c(F)c2)cc2nccnc12. The second-order valence-corrected chi connectivity index (χ2v) is 10.5. The van der Waals surface area contributed by atoms with Crippen LogP contribution in [0.1, 0.15) is 0 Å². The second kappa shape index (κ2) is 9.16. The van der Waals surface area contributed by atoms with Crippen LogP contribution >= 0.6 is 0 Å². The minimum absolute atomic E-state index is 0.113. The molecule has 2 aromatic heterocycles. The summed E-state index contributed by atoms with van der Waals surface area (Å²) in [5.41, 5.74) is 2.80. The number of rotatable bonds is 5. The van der Waals surface area contributed by atoms with Gasteiger partial charge in [0, 0.05) is 50.7 Å². The second-order valence-electron chi connectivity index (χ2n) is 8.12. The number of halogens is 1. The van der Waals surface area contributed by atoms with E-state index in [2.05, 4.69) is 25.6 Å². The van der Waals surface area contributed by atoms with Gasteiger partial charge in [-0.15, -0.1) is 0 Å². The fraction of sp³-hybridized carbons (Fsp3) is 0.409. The third kappa shape index (κ3) is 4.61. The van der Waals surface area contributed by atoms with E-state index in [9.17, 15) is 12.8 Å². The molecule has 174 valence electrons. The summed E-state index contributed by atoms with van der Waals surface area (Å²) in [5.74, 6) is 0.209. The van der Waals surface area contributed by atoms with Crippen LogP contribution in [0.25, 0.3) is 22.3 Å². The number of benzene rings is 1. The average Bonchev–Trinajstić information content (AvgIpc) is 2.83. The molecule has 0 spiro atoms. The fourth-order valence-electron chi connectivity index (χ4n) is 4.15. The maximum Gasteiger partial charge on any atom is 0.157 e. The third-order valence-electron chi connectivity index (χ3n) is 5.99. The zero-order chi connectivity index (χ0) is 22.8. The van der Waals surface area contributed by atoms with Crippen molar-refractivity contribution in [1.82, 2.24) is 20.3 Å². The maximum atomic E-state index is 15.0. The lowest BCUT2D eigenvalue weighted by atomic mass is 10.1. The van der Waals surface area contributed by atoms with Gasteiger partial charge in [0.1, 0.15) is 11.3 Å². The van der Waals surface area contributed by atoms with E-state index < -0.39 is 15.1 Å². The van der Waals surface area contributed by atoms with Crippen molar-refractivity contribution in [1.29, 1.82) is 0 Å². The molecule has 2 aliphatic rings. The van der Waals surface area contributed by atoms with Crippen molar-refractivity contribution in [2.45, 2.75) is 5.25 Å². The highest BCUT2D eigenvalue weighted by Gasteiger charge is 2.28. The molecule has 33 heavy (non-hydrogen) atoms. The Hall–Kier alpha value is -2.89. The topological polar surface area (TPSA) is 109 Å². The molecule has 0 saturated carbocycles. The summed E-state index contributed by atoms with van der Waals surface area (Å²) >= 11 is 0. The number of anilines is 2. The van der Waals surface area contributed by atoms with Gasteiger partial charge in [-0.2, -0.15) is 0 Å². The Morgan fingerprint density at radius 1 is 1.18 bits per heavy atom.